The Kier molecular flexibility index (Phi) is 3.59. The van der Waals surface area contributed by atoms with Crippen molar-refractivity contribution in [3.05, 3.63) is 35.4 Å². The molecule has 0 aliphatic heterocycles. The van der Waals surface area contributed by atoms with Crippen LogP contribution in [-0.2, 0) is 0 Å². The number of aliphatic hydroxyl groups excluding tert-OH is 2. The van der Waals surface area contributed by atoms with E-state index in [2.05, 4.69) is 12.2 Å². The van der Waals surface area contributed by atoms with Crippen molar-refractivity contribution in [2.45, 2.75) is 38.0 Å². The minimum atomic E-state index is -0.594. The first-order valence-corrected chi connectivity index (χ1v) is 5.94. The number of hydrogen-bond donors (Lipinski definition) is 3. The Morgan fingerprint density at radius 2 is 1.69 bits per heavy atom. The summed E-state index contributed by atoms with van der Waals surface area (Å²) >= 11 is 0. The number of fused-ring (bicyclic) bond motifs is 1. The topological polar surface area (TPSA) is 52.5 Å². The summed E-state index contributed by atoms with van der Waals surface area (Å²) in [6.45, 7) is 2.96. The van der Waals surface area contributed by atoms with Gasteiger partial charge in [0.1, 0.15) is 0 Å². The summed E-state index contributed by atoms with van der Waals surface area (Å²) in [5.41, 5.74) is 1.70. The van der Waals surface area contributed by atoms with Gasteiger partial charge in [-0.1, -0.05) is 37.6 Å². The summed E-state index contributed by atoms with van der Waals surface area (Å²) < 4.78 is 0. The monoisotopic (exact) mass is 221 g/mol. The highest BCUT2D eigenvalue weighted by Crippen LogP contribution is 2.38. The molecule has 2 rings (SSSR count). The molecule has 0 bridgehead atoms. The molecule has 0 amide bonds. The van der Waals surface area contributed by atoms with Crippen LogP contribution in [0.15, 0.2) is 24.3 Å². The van der Waals surface area contributed by atoms with Gasteiger partial charge in [-0.15, -0.1) is 0 Å². The molecule has 1 aromatic rings. The Labute approximate surface area is 96.1 Å². The van der Waals surface area contributed by atoms with Crippen molar-refractivity contribution in [3.63, 3.8) is 0 Å². The SMILES string of the molecule is CCCCNC1C(O)c2ccccc2C1O. The Morgan fingerprint density at radius 1 is 1.12 bits per heavy atom. The van der Waals surface area contributed by atoms with Crippen molar-refractivity contribution in [2.24, 2.45) is 0 Å². The van der Waals surface area contributed by atoms with Crippen LogP contribution in [0, 0.1) is 0 Å². The standard InChI is InChI=1S/C13H19NO2/c1-2-3-8-14-11-12(15)9-6-4-5-7-10(9)13(11)16/h4-7,11-16H,2-3,8H2,1H3. The first-order valence-electron chi connectivity index (χ1n) is 5.94. The fourth-order valence-electron chi connectivity index (χ4n) is 2.28. The zero-order valence-corrected chi connectivity index (χ0v) is 9.56. The van der Waals surface area contributed by atoms with Gasteiger partial charge in [-0.25, -0.2) is 0 Å². The molecular formula is C13H19NO2. The van der Waals surface area contributed by atoms with Gasteiger partial charge in [-0.2, -0.15) is 0 Å². The Hall–Kier alpha value is -0.900. The Morgan fingerprint density at radius 3 is 2.19 bits per heavy atom. The molecular weight excluding hydrogens is 202 g/mol. The number of benzene rings is 1. The molecule has 1 aliphatic carbocycles. The van der Waals surface area contributed by atoms with E-state index in [0.717, 1.165) is 30.5 Å². The third kappa shape index (κ3) is 1.98. The Bertz CT molecular complexity index is 325. The zero-order valence-electron chi connectivity index (χ0n) is 9.56. The van der Waals surface area contributed by atoms with Gasteiger partial charge in [-0.05, 0) is 24.1 Å². The molecule has 0 radical (unpaired) electrons. The lowest BCUT2D eigenvalue weighted by molar-refractivity contribution is 0.0605. The van der Waals surface area contributed by atoms with E-state index in [9.17, 15) is 10.2 Å². The third-order valence-electron chi connectivity index (χ3n) is 3.22. The molecule has 1 aliphatic rings. The van der Waals surface area contributed by atoms with Crippen molar-refractivity contribution >= 4 is 0 Å². The molecule has 0 heterocycles. The highest BCUT2D eigenvalue weighted by molar-refractivity contribution is 5.38. The van der Waals surface area contributed by atoms with Gasteiger partial charge in [0.2, 0.25) is 0 Å². The molecule has 3 nitrogen and oxygen atoms in total. The molecule has 0 fully saturated rings. The molecule has 1 aromatic carbocycles. The van der Waals surface area contributed by atoms with Gasteiger partial charge < -0.3 is 15.5 Å². The summed E-state index contributed by atoms with van der Waals surface area (Å²) in [5, 5.41) is 23.4. The quantitative estimate of drug-likeness (QED) is 0.676. The van der Waals surface area contributed by atoms with Crippen LogP contribution in [-0.4, -0.2) is 22.8 Å². The van der Waals surface area contributed by atoms with Crippen LogP contribution in [0.5, 0.6) is 0 Å². The smallest absolute Gasteiger partial charge is 0.0975 e. The normalized spacial score (nSPS) is 28.1. The average Bonchev–Trinajstić information content (AvgIpc) is 2.55. The molecule has 3 N–H and O–H groups in total. The summed E-state index contributed by atoms with van der Waals surface area (Å²) in [6.07, 6.45) is 0.983. The van der Waals surface area contributed by atoms with E-state index in [1.807, 2.05) is 24.3 Å². The molecule has 0 spiro atoms. The second-order valence-corrected chi connectivity index (χ2v) is 4.35. The number of unbranched alkanes of at least 4 members (excludes halogenated alkanes) is 1. The van der Waals surface area contributed by atoms with Crippen LogP contribution in [0.1, 0.15) is 43.1 Å². The van der Waals surface area contributed by atoms with Crippen molar-refractivity contribution in [1.82, 2.24) is 5.32 Å². The minimum Gasteiger partial charge on any atom is -0.387 e. The maximum Gasteiger partial charge on any atom is 0.0975 e. The van der Waals surface area contributed by atoms with Crippen molar-refractivity contribution in [1.29, 1.82) is 0 Å². The largest absolute Gasteiger partial charge is 0.387 e. The fraction of sp³-hybridized carbons (Fsp3) is 0.538. The lowest BCUT2D eigenvalue weighted by Crippen LogP contribution is -2.36. The molecule has 0 aromatic heterocycles. The van der Waals surface area contributed by atoms with Gasteiger partial charge in [0.15, 0.2) is 0 Å². The van der Waals surface area contributed by atoms with E-state index < -0.39 is 12.2 Å². The first-order chi connectivity index (χ1) is 7.75. The van der Waals surface area contributed by atoms with Crippen LogP contribution in [0.3, 0.4) is 0 Å². The lowest BCUT2D eigenvalue weighted by atomic mass is 10.1. The first kappa shape index (κ1) is 11.6. The van der Waals surface area contributed by atoms with E-state index in [4.69, 9.17) is 0 Å². The maximum atomic E-state index is 10.1. The van der Waals surface area contributed by atoms with Crippen LogP contribution >= 0.6 is 0 Å². The lowest BCUT2D eigenvalue weighted by Gasteiger charge is -2.20. The second kappa shape index (κ2) is 4.95. The molecule has 2 atom stereocenters. The molecule has 0 saturated heterocycles. The highest BCUT2D eigenvalue weighted by Gasteiger charge is 2.37. The van der Waals surface area contributed by atoms with Crippen LogP contribution in [0.4, 0.5) is 0 Å². The predicted molar refractivity (Wildman–Crippen MR) is 63.1 cm³/mol. The minimum absolute atomic E-state index is 0.260. The fourth-order valence-corrected chi connectivity index (χ4v) is 2.28. The predicted octanol–water partition coefficient (Wildman–Crippen LogP) is 1.53. The zero-order chi connectivity index (χ0) is 11.5. The average molecular weight is 221 g/mol. The van der Waals surface area contributed by atoms with Crippen molar-refractivity contribution in [2.75, 3.05) is 6.54 Å². The summed E-state index contributed by atoms with van der Waals surface area (Å²) in [6, 6.07) is 7.28. The van der Waals surface area contributed by atoms with Crippen LogP contribution in [0.2, 0.25) is 0 Å². The highest BCUT2D eigenvalue weighted by atomic mass is 16.3. The van der Waals surface area contributed by atoms with E-state index in [-0.39, 0.29) is 6.04 Å². The molecule has 3 heteroatoms. The Balaban J connectivity index is 2.09. The summed E-state index contributed by atoms with van der Waals surface area (Å²) in [5.74, 6) is 0. The van der Waals surface area contributed by atoms with E-state index in [1.165, 1.54) is 0 Å². The van der Waals surface area contributed by atoms with Crippen molar-refractivity contribution in [3.8, 4) is 0 Å². The van der Waals surface area contributed by atoms with Gasteiger partial charge in [0.05, 0.1) is 18.2 Å². The molecule has 2 unspecified atom stereocenters. The summed E-state index contributed by atoms with van der Waals surface area (Å²) in [4.78, 5) is 0. The number of nitrogens with one attached hydrogen (secondary N) is 1. The maximum absolute atomic E-state index is 10.1. The van der Waals surface area contributed by atoms with Gasteiger partial charge >= 0.3 is 0 Å². The number of aliphatic hydroxyl groups is 2. The van der Waals surface area contributed by atoms with E-state index >= 15 is 0 Å². The van der Waals surface area contributed by atoms with Crippen molar-refractivity contribution < 1.29 is 10.2 Å². The number of hydrogen-bond acceptors (Lipinski definition) is 3. The van der Waals surface area contributed by atoms with E-state index in [0.29, 0.717) is 0 Å². The number of rotatable bonds is 4. The second-order valence-electron chi connectivity index (χ2n) is 4.35. The van der Waals surface area contributed by atoms with Gasteiger partial charge in [0, 0.05) is 0 Å². The van der Waals surface area contributed by atoms with Crippen LogP contribution < -0.4 is 5.32 Å². The molecule has 16 heavy (non-hydrogen) atoms. The van der Waals surface area contributed by atoms with E-state index in [1.54, 1.807) is 0 Å². The van der Waals surface area contributed by atoms with Gasteiger partial charge in [0.25, 0.3) is 0 Å². The summed E-state index contributed by atoms with van der Waals surface area (Å²) in [7, 11) is 0. The third-order valence-corrected chi connectivity index (χ3v) is 3.22. The van der Waals surface area contributed by atoms with Gasteiger partial charge in [-0.3, -0.25) is 0 Å². The van der Waals surface area contributed by atoms with Crippen LogP contribution in [0.25, 0.3) is 0 Å². The molecule has 88 valence electrons. The molecule has 0 saturated carbocycles.